The van der Waals surface area contributed by atoms with Gasteiger partial charge in [-0.15, -0.1) is 0 Å². The summed E-state index contributed by atoms with van der Waals surface area (Å²) in [6.07, 6.45) is 2.59. The van der Waals surface area contributed by atoms with Crippen LogP contribution < -0.4 is 4.74 Å². The summed E-state index contributed by atoms with van der Waals surface area (Å²) in [6, 6.07) is 20.2. The van der Waals surface area contributed by atoms with Crippen molar-refractivity contribution in [3.8, 4) is 5.75 Å². The Morgan fingerprint density at radius 1 is 1.04 bits per heavy atom. The summed E-state index contributed by atoms with van der Waals surface area (Å²) in [6.45, 7) is 0. The van der Waals surface area contributed by atoms with Crippen LogP contribution in [0.3, 0.4) is 0 Å². The predicted molar refractivity (Wildman–Crippen MR) is 108 cm³/mol. The molecule has 6 heteroatoms. The van der Waals surface area contributed by atoms with Gasteiger partial charge >= 0.3 is 0 Å². The highest BCUT2D eigenvalue weighted by atomic mass is 32.2. The molecule has 0 amide bonds. The van der Waals surface area contributed by atoms with Gasteiger partial charge in [0.2, 0.25) is 0 Å². The van der Waals surface area contributed by atoms with E-state index in [1.807, 2.05) is 54.6 Å². The highest BCUT2D eigenvalue weighted by Gasteiger charge is 2.31. The summed E-state index contributed by atoms with van der Waals surface area (Å²) in [4.78, 5) is 16.5. The van der Waals surface area contributed by atoms with Crippen LogP contribution in [0.2, 0.25) is 0 Å². The zero-order valence-electron chi connectivity index (χ0n) is 14.8. The Bertz CT molecular complexity index is 1060. The Balaban J connectivity index is 1.88. The summed E-state index contributed by atoms with van der Waals surface area (Å²) in [7, 11) is 0. The number of allylic oxidation sites excluding steroid dienone is 1. The van der Waals surface area contributed by atoms with E-state index >= 15 is 0 Å². The Kier molecular flexibility index (Phi) is 5.14. The first-order valence-electron chi connectivity index (χ1n) is 8.72. The second-order valence-electron chi connectivity index (χ2n) is 6.37. The fourth-order valence-electron chi connectivity index (χ4n) is 3.34. The molecule has 0 fully saturated rings. The molecule has 0 bridgehead atoms. The zero-order chi connectivity index (χ0) is 19.5. The van der Waals surface area contributed by atoms with Gasteiger partial charge in [-0.3, -0.25) is 4.98 Å². The third-order valence-corrected chi connectivity index (χ3v) is 5.19. The third-order valence-electron chi connectivity index (χ3n) is 4.60. The quantitative estimate of drug-likeness (QED) is 0.525. The molecule has 4 rings (SSSR count). The van der Waals surface area contributed by atoms with E-state index in [0.29, 0.717) is 22.8 Å². The fourth-order valence-corrected chi connectivity index (χ4v) is 3.82. The van der Waals surface area contributed by atoms with Crippen molar-refractivity contribution < 1.29 is 18.3 Å². The first-order valence-corrected chi connectivity index (χ1v) is 9.99. The molecule has 5 nitrogen and oxygen atoms in total. The molecular weight excluding hydrogens is 374 g/mol. The van der Waals surface area contributed by atoms with Crippen molar-refractivity contribution in [2.45, 2.75) is 11.7 Å². The van der Waals surface area contributed by atoms with Crippen molar-refractivity contribution in [2.75, 3.05) is 0 Å². The van der Waals surface area contributed by atoms with Gasteiger partial charge in [-0.1, -0.05) is 48.5 Å². The highest BCUT2D eigenvalue weighted by Crippen LogP contribution is 2.45. The summed E-state index contributed by atoms with van der Waals surface area (Å²) in [5, 5.41) is 0. The monoisotopic (exact) mass is 391 g/mol. The molecule has 28 heavy (non-hydrogen) atoms. The van der Waals surface area contributed by atoms with Crippen molar-refractivity contribution in [1.82, 2.24) is 4.98 Å². The average molecular weight is 391 g/mol. The minimum absolute atomic E-state index is 0.0626. The predicted octanol–water partition coefficient (Wildman–Crippen LogP) is 4.05. The number of aldehydes is 1. The number of para-hydroxylation sites is 1. The summed E-state index contributed by atoms with van der Waals surface area (Å²) in [5.41, 5.74) is 3.69. The number of fused-ring (bicyclic) bond motifs is 1. The molecule has 3 aromatic rings. The number of rotatable bonds is 5. The Labute approximate surface area is 165 Å². The molecule has 2 atom stereocenters. The van der Waals surface area contributed by atoms with E-state index < -0.39 is 17.0 Å². The summed E-state index contributed by atoms with van der Waals surface area (Å²) < 4.78 is 26.3. The van der Waals surface area contributed by atoms with E-state index in [1.54, 1.807) is 18.3 Å². The van der Waals surface area contributed by atoms with Gasteiger partial charge < -0.3 is 14.1 Å². The Hall–Kier alpha value is -3.09. The summed E-state index contributed by atoms with van der Waals surface area (Å²) >= 11 is -1.90. The van der Waals surface area contributed by atoms with Crippen LogP contribution in [0.15, 0.2) is 72.9 Å². The first-order chi connectivity index (χ1) is 13.7. The maximum Gasteiger partial charge on any atom is 0.157 e. The molecule has 1 aromatic heterocycles. The lowest BCUT2D eigenvalue weighted by molar-refractivity contribution is -0.108. The zero-order valence-corrected chi connectivity index (χ0v) is 15.6. The lowest BCUT2D eigenvalue weighted by Crippen LogP contribution is -2.16. The topological polar surface area (TPSA) is 76.5 Å². The van der Waals surface area contributed by atoms with Crippen LogP contribution in [0.5, 0.6) is 5.75 Å². The van der Waals surface area contributed by atoms with Gasteiger partial charge in [0, 0.05) is 22.9 Å². The molecule has 0 spiro atoms. The number of hydrogen-bond donors (Lipinski definition) is 1. The molecular formula is C22H17NO4S. The van der Waals surface area contributed by atoms with Crippen molar-refractivity contribution in [1.29, 1.82) is 0 Å². The Morgan fingerprint density at radius 2 is 1.79 bits per heavy atom. The SMILES string of the molecule is O=CC1C(c2ccccn2)=C(c2ccc(CS(=O)O)cc2)Oc2ccccc21. The number of hydrogen-bond acceptors (Lipinski definition) is 4. The standard InChI is InChI=1S/C22H17NO4S/c24-13-18-17-5-1-2-7-20(17)27-22(21(18)19-6-3-4-12-23-19)16-10-8-15(9-11-16)14-28(25)26/h1-13,18H,14H2,(H,25,26). The van der Waals surface area contributed by atoms with E-state index in [4.69, 9.17) is 9.29 Å². The minimum Gasteiger partial charge on any atom is -0.456 e. The smallest absolute Gasteiger partial charge is 0.157 e. The Morgan fingerprint density at radius 3 is 2.46 bits per heavy atom. The number of pyridine rings is 1. The molecule has 2 unspecified atom stereocenters. The number of carbonyl (C=O) groups is 1. The number of nitrogens with zero attached hydrogens (tertiary/aromatic N) is 1. The summed E-state index contributed by atoms with van der Waals surface area (Å²) in [5.74, 6) is 0.757. The fraction of sp³-hybridized carbons (Fsp3) is 0.0909. The van der Waals surface area contributed by atoms with Crippen molar-refractivity contribution in [3.63, 3.8) is 0 Å². The van der Waals surface area contributed by atoms with E-state index in [0.717, 1.165) is 23.0 Å². The largest absolute Gasteiger partial charge is 0.456 e. The molecule has 0 aliphatic carbocycles. The second kappa shape index (κ2) is 7.88. The van der Waals surface area contributed by atoms with Gasteiger partial charge in [-0.05, 0) is 23.8 Å². The second-order valence-corrected chi connectivity index (χ2v) is 7.31. The number of aromatic nitrogens is 1. The van der Waals surface area contributed by atoms with Gasteiger partial charge in [-0.2, -0.15) is 0 Å². The minimum atomic E-state index is -1.90. The molecule has 2 heterocycles. The van der Waals surface area contributed by atoms with E-state index in [1.165, 1.54) is 0 Å². The number of benzene rings is 2. The van der Waals surface area contributed by atoms with E-state index in [9.17, 15) is 9.00 Å². The van der Waals surface area contributed by atoms with Crippen LogP contribution in [-0.4, -0.2) is 20.0 Å². The van der Waals surface area contributed by atoms with Crippen molar-refractivity contribution in [2.24, 2.45) is 0 Å². The normalized spacial score (nSPS) is 16.8. The lowest BCUT2D eigenvalue weighted by Gasteiger charge is -2.28. The average Bonchev–Trinajstić information content (AvgIpc) is 2.73. The lowest BCUT2D eigenvalue weighted by atomic mass is 9.85. The van der Waals surface area contributed by atoms with Crippen molar-refractivity contribution in [3.05, 3.63) is 95.3 Å². The van der Waals surface area contributed by atoms with Gasteiger partial charge in [-0.25, -0.2) is 4.21 Å². The van der Waals surface area contributed by atoms with E-state index in [-0.39, 0.29) is 5.75 Å². The molecule has 0 radical (unpaired) electrons. The molecule has 1 aliphatic heterocycles. The third kappa shape index (κ3) is 3.52. The molecule has 1 N–H and O–H groups in total. The molecule has 0 saturated carbocycles. The van der Waals surface area contributed by atoms with Crippen LogP contribution in [0.25, 0.3) is 11.3 Å². The van der Waals surface area contributed by atoms with Crippen molar-refractivity contribution >= 4 is 28.7 Å². The van der Waals surface area contributed by atoms with Gasteiger partial charge in [0.15, 0.2) is 11.1 Å². The number of ether oxygens (including phenoxy) is 1. The maximum atomic E-state index is 12.1. The van der Waals surface area contributed by atoms with Crippen LogP contribution in [0, 0.1) is 0 Å². The molecule has 0 saturated heterocycles. The van der Waals surface area contributed by atoms with Gasteiger partial charge in [0.1, 0.15) is 17.8 Å². The maximum absolute atomic E-state index is 12.1. The van der Waals surface area contributed by atoms with Crippen LogP contribution in [-0.2, 0) is 21.6 Å². The van der Waals surface area contributed by atoms with Gasteiger partial charge in [0.05, 0.1) is 17.4 Å². The first kappa shape index (κ1) is 18.3. The molecule has 140 valence electrons. The van der Waals surface area contributed by atoms with Gasteiger partial charge in [0.25, 0.3) is 0 Å². The van der Waals surface area contributed by atoms with Crippen LogP contribution in [0.1, 0.15) is 28.3 Å². The van der Waals surface area contributed by atoms with Crippen LogP contribution >= 0.6 is 0 Å². The molecule has 2 aromatic carbocycles. The highest BCUT2D eigenvalue weighted by molar-refractivity contribution is 7.78. The molecule has 1 aliphatic rings. The van der Waals surface area contributed by atoms with Crippen LogP contribution in [0.4, 0.5) is 0 Å². The number of carbonyl (C=O) groups excluding carboxylic acids is 1. The van der Waals surface area contributed by atoms with E-state index in [2.05, 4.69) is 4.98 Å².